The summed E-state index contributed by atoms with van der Waals surface area (Å²) in [5.41, 5.74) is 1.08. The molecule has 0 aromatic heterocycles. The highest BCUT2D eigenvalue weighted by atomic mass is 79.9. The first-order valence-electron chi connectivity index (χ1n) is 5.08. The Morgan fingerprint density at radius 2 is 1.89 bits per heavy atom. The first-order chi connectivity index (χ1) is 8.56. The summed E-state index contributed by atoms with van der Waals surface area (Å²) < 4.78 is 0.891. The lowest BCUT2D eigenvalue weighted by molar-refractivity contribution is 0.102. The second-order valence-electron chi connectivity index (χ2n) is 3.59. The highest BCUT2D eigenvalue weighted by Crippen LogP contribution is 2.22. The second-order valence-corrected chi connectivity index (χ2v) is 5.35. The first-order valence-corrected chi connectivity index (χ1v) is 6.63. The molecule has 0 radical (unpaired) electrons. The number of anilines is 1. The van der Waals surface area contributed by atoms with Crippen LogP contribution in [-0.2, 0) is 0 Å². The van der Waals surface area contributed by atoms with Crippen molar-refractivity contribution in [2.45, 2.75) is 0 Å². The van der Waals surface area contributed by atoms with Gasteiger partial charge in [0.2, 0.25) is 0 Å². The van der Waals surface area contributed by atoms with E-state index in [0.29, 0.717) is 21.3 Å². The lowest BCUT2D eigenvalue weighted by atomic mass is 10.2. The molecule has 0 fully saturated rings. The third-order valence-electron chi connectivity index (χ3n) is 2.26. The zero-order valence-electron chi connectivity index (χ0n) is 9.08. The highest BCUT2D eigenvalue weighted by molar-refractivity contribution is 9.10. The molecule has 2 nitrogen and oxygen atoms in total. The standard InChI is InChI=1S/C13H8BrCl2NO/c14-8-2-1-3-10(6-8)17-13(18)11-5-4-9(15)7-12(11)16/h1-7H,(H,17,18). The van der Waals surface area contributed by atoms with Crippen LogP contribution < -0.4 is 5.32 Å². The van der Waals surface area contributed by atoms with Crippen molar-refractivity contribution in [2.75, 3.05) is 5.32 Å². The van der Waals surface area contributed by atoms with Crippen molar-refractivity contribution in [3.8, 4) is 0 Å². The number of hydrogen-bond donors (Lipinski definition) is 1. The predicted octanol–water partition coefficient (Wildman–Crippen LogP) is 5.01. The molecule has 2 rings (SSSR count). The molecular weight excluding hydrogens is 337 g/mol. The summed E-state index contributed by atoms with van der Waals surface area (Å²) in [7, 11) is 0. The zero-order chi connectivity index (χ0) is 13.1. The molecule has 0 heterocycles. The van der Waals surface area contributed by atoms with Gasteiger partial charge in [-0.3, -0.25) is 4.79 Å². The van der Waals surface area contributed by atoms with E-state index in [2.05, 4.69) is 21.2 Å². The summed E-state index contributed by atoms with van der Waals surface area (Å²) in [6, 6.07) is 12.1. The number of carbonyl (C=O) groups excluding carboxylic acids is 1. The van der Waals surface area contributed by atoms with Crippen LogP contribution in [0.3, 0.4) is 0 Å². The quantitative estimate of drug-likeness (QED) is 0.815. The van der Waals surface area contributed by atoms with Crippen LogP contribution in [0.2, 0.25) is 10.0 Å². The van der Waals surface area contributed by atoms with Gasteiger partial charge in [-0.25, -0.2) is 0 Å². The normalized spacial score (nSPS) is 10.2. The number of nitrogens with one attached hydrogen (secondary N) is 1. The molecule has 0 atom stereocenters. The number of halogens is 3. The summed E-state index contributed by atoms with van der Waals surface area (Å²) in [5, 5.41) is 3.59. The topological polar surface area (TPSA) is 29.1 Å². The van der Waals surface area contributed by atoms with Crippen molar-refractivity contribution in [3.05, 3.63) is 62.5 Å². The smallest absolute Gasteiger partial charge is 0.257 e. The van der Waals surface area contributed by atoms with Gasteiger partial charge in [-0.05, 0) is 36.4 Å². The van der Waals surface area contributed by atoms with Gasteiger partial charge in [0.25, 0.3) is 5.91 Å². The van der Waals surface area contributed by atoms with Crippen LogP contribution in [0.25, 0.3) is 0 Å². The van der Waals surface area contributed by atoms with Crippen LogP contribution in [0, 0.1) is 0 Å². The van der Waals surface area contributed by atoms with Crippen molar-refractivity contribution >= 4 is 50.7 Å². The van der Waals surface area contributed by atoms with Gasteiger partial charge >= 0.3 is 0 Å². The van der Waals surface area contributed by atoms with E-state index >= 15 is 0 Å². The molecule has 0 unspecified atom stereocenters. The van der Waals surface area contributed by atoms with Crippen LogP contribution in [-0.4, -0.2) is 5.91 Å². The Labute approximate surface area is 123 Å². The van der Waals surface area contributed by atoms with Gasteiger partial charge in [-0.15, -0.1) is 0 Å². The molecule has 1 amide bonds. The summed E-state index contributed by atoms with van der Waals surface area (Å²) in [6.45, 7) is 0. The molecule has 0 saturated carbocycles. The molecule has 18 heavy (non-hydrogen) atoms. The van der Waals surface area contributed by atoms with Gasteiger partial charge in [0, 0.05) is 15.2 Å². The van der Waals surface area contributed by atoms with E-state index in [1.807, 2.05) is 18.2 Å². The van der Waals surface area contributed by atoms with E-state index in [-0.39, 0.29) is 5.91 Å². The van der Waals surface area contributed by atoms with Gasteiger partial charge in [-0.1, -0.05) is 45.2 Å². The third kappa shape index (κ3) is 3.25. The molecule has 92 valence electrons. The maximum atomic E-state index is 12.0. The van der Waals surface area contributed by atoms with E-state index in [1.54, 1.807) is 24.3 Å². The fourth-order valence-corrected chi connectivity index (χ4v) is 2.33. The minimum atomic E-state index is -0.269. The summed E-state index contributed by atoms with van der Waals surface area (Å²) >= 11 is 15.1. The average Bonchev–Trinajstić information content (AvgIpc) is 2.28. The molecule has 1 N–H and O–H groups in total. The van der Waals surface area contributed by atoms with Crippen LogP contribution in [0.1, 0.15) is 10.4 Å². The SMILES string of the molecule is O=C(Nc1cccc(Br)c1)c1ccc(Cl)cc1Cl. The largest absolute Gasteiger partial charge is 0.322 e. The molecule has 2 aromatic carbocycles. The molecule has 0 bridgehead atoms. The fourth-order valence-electron chi connectivity index (χ4n) is 1.44. The molecule has 0 saturated heterocycles. The Morgan fingerprint density at radius 1 is 1.11 bits per heavy atom. The second kappa shape index (κ2) is 5.74. The summed E-state index contributed by atoms with van der Waals surface area (Å²) in [4.78, 5) is 12.0. The Bertz CT molecular complexity index is 601. The van der Waals surface area contributed by atoms with Crippen molar-refractivity contribution in [3.63, 3.8) is 0 Å². The Hall–Kier alpha value is -1.03. The highest BCUT2D eigenvalue weighted by Gasteiger charge is 2.10. The van der Waals surface area contributed by atoms with Gasteiger partial charge in [0.1, 0.15) is 0 Å². The molecule has 0 spiro atoms. The van der Waals surface area contributed by atoms with E-state index in [0.717, 1.165) is 4.47 Å². The Morgan fingerprint density at radius 3 is 2.56 bits per heavy atom. The number of hydrogen-bond acceptors (Lipinski definition) is 1. The third-order valence-corrected chi connectivity index (χ3v) is 3.30. The maximum absolute atomic E-state index is 12.0. The first kappa shape index (κ1) is 13.4. The molecule has 0 aliphatic rings. The van der Waals surface area contributed by atoms with Crippen LogP contribution in [0.15, 0.2) is 46.9 Å². The molecule has 0 aliphatic heterocycles. The fraction of sp³-hybridized carbons (Fsp3) is 0. The lowest BCUT2D eigenvalue weighted by Gasteiger charge is -2.07. The van der Waals surface area contributed by atoms with Gasteiger partial charge in [0.05, 0.1) is 10.6 Å². The summed E-state index contributed by atoms with van der Waals surface area (Å²) in [6.07, 6.45) is 0. The minimum absolute atomic E-state index is 0.269. The monoisotopic (exact) mass is 343 g/mol. The Kier molecular flexibility index (Phi) is 4.27. The maximum Gasteiger partial charge on any atom is 0.257 e. The van der Waals surface area contributed by atoms with E-state index in [4.69, 9.17) is 23.2 Å². The van der Waals surface area contributed by atoms with E-state index in [9.17, 15) is 4.79 Å². The minimum Gasteiger partial charge on any atom is -0.322 e. The van der Waals surface area contributed by atoms with Crippen LogP contribution in [0.4, 0.5) is 5.69 Å². The van der Waals surface area contributed by atoms with Crippen molar-refractivity contribution in [1.82, 2.24) is 0 Å². The number of carbonyl (C=O) groups is 1. The van der Waals surface area contributed by atoms with Gasteiger partial charge in [0.15, 0.2) is 0 Å². The lowest BCUT2D eigenvalue weighted by Crippen LogP contribution is -2.12. The van der Waals surface area contributed by atoms with Crippen LogP contribution >= 0.6 is 39.1 Å². The van der Waals surface area contributed by atoms with E-state index < -0.39 is 0 Å². The van der Waals surface area contributed by atoms with Gasteiger partial charge in [-0.2, -0.15) is 0 Å². The molecule has 0 aliphatic carbocycles. The van der Waals surface area contributed by atoms with Crippen LogP contribution in [0.5, 0.6) is 0 Å². The average molecular weight is 345 g/mol. The number of amides is 1. The molecule has 2 aromatic rings. The van der Waals surface area contributed by atoms with Crippen molar-refractivity contribution in [2.24, 2.45) is 0 Å². The van der Waals surface area contributed by atoms with E-state index in [1.165, 1.54) is 0 Å². The molecular formula is C13H8BrCl2NO. The van der Waals surface area contributed by atoms with Crippen molar-refractivity contribution < 1.29 is 4.79 Å². The predicted molar refractivity (Wildman–Crippen MR) is 78.6 cm³/mol. The Balaban J connectivity index is 2.22. The molecule has 5 heteroatoms. The zero-order valence-corrected chi connectivity index (χ0v) is 12.2. The number of benzene rings is 2. The number of rotatable bonds is 2. The van der Waals surface area contributed by atoms with Gasteiger partial charge < -0.3 is 5.32 Å². The van der Waals surface area contributed by atoms with Crippen molar-refractivity contribution in [1.29, 1.82) is 0 Å². The summed E-state index contributed by atoms with van der Waals surface area (Å²) in [5.74, 6) is -0.269.